The highest BCUT2D eigenvalue weighted by Crippen LogP contribution is 2.13. The topological polar surface area (TPSA) is 72.8 Å². The molecule has 1 aromatic carbocycles. The van der Waals surface area contributed by atoms with Crippen LogP contribution >= 0.6 is 0 Å². The fourth-order valence-corrected chi connectivity index (χ4v) is 1.19. The Morgan fingerprint density at radius 3 is 2.44 bits per heavy atom. The zero-order valence-electron chi connectivity index (χ0n) is 9.96. The summed E-state index contributed by atoms with van der Waals surface area (Å²) in [4.78, 5) is 20.8. The first-order chi connectivity index (χ1) is 8.58. The summed E-state index contributed by atoms with van der Waals surface area (Å²) in [5.41, 5.74) is 0.768. The first kappa shape index (κ1) is 13.8. The number of rotatable bonds is 6. The molecule has 0 bridgehead atoms. The Labute approximate surface area is 105 Å². The maximum Gasteiger partial charge on any atom is 0.328 e. The number of hydrogen-bond acceptors (Lipinski definition) is 4. The van der Waals surface area contributed by atoms with Gasteiger partial charge in [-0.05, 0) is 23.8 Å². The van der Waals surface area contributed by atoms with E-state index in [0.717, 1.165) is 11.6 Å². The van der Waals surface area contributed by atoms with Crippen molar-refractivity contribution in [3.8, 4) is 5.75 Å². The van der Waals surface area contributed by atoms with Gasteiger partial charge in [-0.15, -0.1) is 0 Å². The molecule has 0 amide bonds. The standard InChI is InChI=1S/C13H14O5/c1-10(14)17-8-9-18-12-5-2-11(3-6-12)4-7-13(15)16/h2-7H,8-9H2,1H3,(H,15,16)/b7-4+. The van der Waals surface area contributed by atoms with Crippen LogP contribution in [0.5, 0.6) is 5.75 Å². The lowest BCUT2D eigenvalue weighted by Crippen LogP contribution is -2.09. The van der Waals surface area contributed by atoms with Gasteiger partial charge in [0.25, 0.3) is 0 Å². The number of carbonyl (C=O) groups is 2. The molecule has 18 heavy (non-hydrogen) atoms. The van der Waals surface area contributed by atoms with Gasteiger partial charge in [-0.3, -0.25) is 4.79 Å². The molecule has 0 radical (unpaired) electrons. The van der Waals surface area contributed by atoms with Gasteiger partial charge in [0.2, 0.25) is 0 Å². The predicted octanol–water partition coefficient (Wildman–Crippen LogP) is 1.73. The molecule has 0 atom stereocenters. The van der Waals surface area contributed by atoms with Gasteiger partial charge < -0.3 is 14.6 Å². The Morgan fingerprint density at radius 2 is 1.89 bits per heavy atom. The summed E-state index contributed by atoms with van der Waals surface area (Å²) in [7, 11) is 0. The molecular formula is C13H14O5. The van der Waals surface area contributed by atoms with Crippen molar-refractivity contribution in [1.29, 1.82) is 0 Å². The minimum absolute atomic E-state index is 0.204. The first-order valence-electron chi connectivity index (χ1n) is 5.35. The fraction of sp³-hybridized carbons (Fsp3) is 0.231. The second-order valence-electron chi connectivity index (χ2n) is 3.43. The van der Waals surface area contributed by atoms with Crippen molar-refractivity contribution < 1.29 is 24.2 Å². The number of carbonyl (C=O) groups excluding carboxylic acids is 1. The van der Waals surface area contributed by atoms with Crippen LogP contribution in [0.4, 0.5) is 0 Å². The zero-order chi connectivity index (χ0) is 13.4. The molecule has 0 saturated heterocycles. The highest BCUT2D eigenvalue weighted by molar-refractivity contribution is 5.85. The third-order valence-electron chi connectivity index (χ3n) is 1.96. The lowest BCUT2D eigenvalue weighted by atomic mass is 10.2. The summed E-state index contributed by atoms with van der Waals surface area (Å²) < 4.78 is 10.0. The van der Waals surface area contributed by atoms with Gasteiger partial charge in [-0.2, -0.15) is 0 Å². The maximum atomic E-state index is 10.5. The molecule has 0 unspecified atom stereocenters. The molecule has 0 aliphatic rings. The van der Waals surface area contributed by atoms with E-state index < -0.39 is 5.97 Å². The van der Waals surface area contributed by atoms with E-state index in [1.54, 1.807) is 24.3 Å². The molecule has 0 spiro atoms. The number of ether oxygens (including phenoxy) is 2. The average Bonchev–Trinajstić information content (AvgIpc) is 2.33. The van der Waals surface area contributed by atoms with Gasteiger partial charge in [0.1, 0.15) is 19.0 Å². The summed E-state index contributed by atoms with van der Waals surface area (Å²) in [6, 6.07) is 6.91. The van der Waals surface area contributed by atoms with Crippen molar-refractivity contribution in [3.63, 3.8) is 0 Å². The Kier molecular flexibility index (Phi) is 5.44. The second-order valence-corrected chi connectivity index (χ2v) is 3.43. The van der Waals surface area contributed by atoms with Crippen molar-refractivity contribution in [3.05, 3.63) is 35.9 Å². The molecule has 1 aromatic rings. The third-order valence-corrected chi connectivity index (χ3v) is 1.96. The minimum atomic E-state index is -0.989. The van der Waals surface area contributed by atoms with E-state index >= 15 is 0 Å². The highest BCUT2D eigenvalue weighted by atomic mass is 16.6. The number of aliphatic carboxylic acids is 1. The smallest absolute Gasteiger partial charge is 0.328 e. The van der Waals surface area contributed by atoms with Crippen molar-refractivity contribution in [2.24, 2.45) is 0 Å². The number of esters is 1. The summed E-state index contributed by atoms with van der Waals surface area (Å²) in [5, 5.41) is 8.46. The molecule has 0 aliphatic carbocycles. The van der Waals surface area contributed by atoms with Gasteiger partial charge in [0.05, 0.1) is 0 Å². The Hall–Kier alpha value is -2.30. The van der Waals surface area contributed by atoms with E-state index in [9.17, 15) is 9.59 Å². The van der Waals surface area contributed by atoms with Crippen molar-refractivity contribution in [2.45, 2.75) is 6.92 Å². The first-order valence-corrected chi connectivity index (χ1v) is 5.35. The Morgan fingerprint density at radius 1 is 1.22 bits per heavy atom. The molecule has 0 aliphatic heterocycles. The Balaban J connectivity index is 2.40. The van der Waals surface area contributed by atoms with Gasteiger partial charge in [0, 0.05) is 13.0 Å². The minimum Gasteiger partial charge on any atom is -0.490 e. The van der Waals surface area contributed by atoms with E-state index in [1.165, 1.54) is 13.0 Å². The largest absolute Gasteiger partial charge is 0.490 e. The lowest BCUT2D eigenvalue weighted by Gasteiger charge is -2.06. The van der Waals surface area contributed by atoms with E-state index in [-0.39, 0.29) is 19.2 Å². The quantitative estimate of drug-likeness (QED) is 0.473. The normalized spacial score (nSPS) is 10.3. The van der Waals surface area contributed by atoms with Crippen molar-refractivity contribution in [1.82, 2.24) is 0 Å². The number of carboxylic acids is 1. The van der Waals surface area contributed by atoms with Crippen LogP contribution < -0.4 is 4.74 Å². The van der Waals surface area contributed by atoms with Gasteiger partial charge in [-0.1, -0.05) is 12.1 Å². The molecular weight excluding hydrogens is 236 g/mol. The average molecular weight is 250 g/mol. The molecule has 96 valence electrons. The van der Waals surface area contributed by atoms with Crippen LogP contribution in [0, 0.1) is 0 Å². The lowest BCUT2D eigenvalue weighted by molar-refractivity contribution is -0.141. The number of carboxylic acid groups (broad SMARTS) is 1. The Bertz CT molecular complexity index is 433. The summed E-state index contributed by atoms with van der Waals surface area (Å²) in [6.45, 7) is 1.82. The van der Waals surface area contributed by atoms with E-state index in [1.807, 2.05) is 0 Å². The van der Waals surface area contributed by atoms with Crippen LogP contribution in [0.15, 0.2) is 30.3 Å². The van der Waals surface area contributed by atoms with E-state index in [0.29, 0.717) is 5.75 Å². The highest BCUT2D eigenvalue weighted by Gasteiger charge is 1.96. The monoisotopic (exact) mass is 250 g/mol. The van der Waals surface area contributed by atoms with Gasteiger partial charge in [-0.25, -0.2) is 4.79 Å². The van der Waals surface area contributed by atoms with Crippen LogP contribution in [-0.2, 0) is 14.3 Å². The summed E-state index contributed by atoms with van der Waals surface area (Å²) in [6.07, 6.45) is 2.56. The molecule has 5 nitrogen and oxygen atoms in total. The molecule has 0 heterocycles. The molecule has 1 rings (SSSR count). The van der Waals surface area contributed by atoms with Crippen LogP contribution in [0.25, 0.3) is 6.08 Å². The molecule has 5 heteroatoms. The van der Waals surface area contributed by atoms with E-state index in [2.05, 4.69) is 0 Å². The van der Waals surface area contributed by atoms with Gasteiger partial charge in [0.15, 0.2) is 0 Å². The third kappa shape index (κ3) is 5.69. The summed E-state index contributed by atoms with van der Waals surface area (Å²) >= 11 is 0. The molecule has 1 N–H and O–H groups in total. The predicted molar refractivity (Wildman–Crippen MR) is 65.2 cm³/mol. The second kappa shape index (κ2) is 7.11. The van der Waals surface area contributed by atoms with Crippen LogP contribution in [-0.4, -0.2) is 30.3 Å². The molecule has 0 fully saturated rings. The maximum absolute atomic E-state index is 10.5. The van der Waals surface area contributed by atoms with Crippen LogP contribution in [0.3, 0.4) is 0 Å². The number of hydrogen-bond donors (Lipinski definition) is 1. The van der Waals surface area contributed by atoms with Crippen molar-refractivity contribution >= 4 is 18.0 Å². The van der Waals surface area contributed by atoms with Crippen molar-refractivity contribution in [2.75, 3.05) is 13.2 Å². The fourth-order valence-electron chi connectivity index (χ4n) is 1.19. The SMILES string of the molecule is CC(=O)OCCOc1ccc(/C=C/C(=O)O)cc1. The summed E-state index contributed by atoms with van der Waals surface area (Å²) in [5.74, 6) is -0.695. The zero-order valence-corrected chi connectivity index (χ0v) is 9.96. The van der Waals surface area contributed by atoms with Crippen LogP contribution in [0.2, 0.25) is 0 Å². The molecule has 0 saturated carbocycles. The van der Waals surface area contributed by atoms with Crippen LogP contribution in [0.1, 0.15) is 12.5 Å². The number of benzene rings is 1. The van der Waals surface area contributed by atoms with Gasteiger partial charge >= 0.3 is 11.9 Å². The molecule has 0 aromatic heterocycles. The van der Waals surface area contributed by atoms with E-state index in [4.69, 9.17) is 14.6 Å².